The quantitative estimate of drug-likeness (QED) is 0.0613. The molecule has 2 aliphatic heterocycles. The molecule has 4 rings (SSSR count). The first-order chi connectivity index (χ1) is 29.5. The Balaban J connectivity index is 1.19. The van der Waals surface area contributed by atoms with Gasteiger partial charge in [0.05, 0.1) is 51.0 Å². The average Bonchev–Trinajstić information content (AvgIpc) is 3.20. The molecule has 1 aromatic heterocycles. The van der Waals surface area contributed by atoms with E-state index in [2.05, 4.69) is 36.2 Å². The van der Waals surface area contributed by atoms with Gasteiger partial charge in [-0.05, 0) is 30.7 Å². The van der Waals surface area contributed by atoms with Gasteiger partial charge in [-0.15, -0.1) is 0 Å². The highest BCUT2D eigenvalue weighted by Gasteiger charge is 2.24. The van der Waals surface area contributed by atoms with Crippen LogP contribution in [0.1, 0.15) is 45.8 Å². The zero-order valence-corrected chi connectivity index (χ0v) is 34.0. The lowest BCUT2D eigenvalue weighted by Crippen LogP contribution is -2.50. The number of aliphatic carboxylic acids is 4. The zero-order chi connectivity index (χ0) is 45.2. The summed E-state index contributed by atoms with van der Waals surface area (Å²) in [7, 11) is 0. The number of ketones is 1. The Bertz CT molecular complexity index is 1950. The fraction of sp³-hybridized carbons (Fsp3) is 0.500. The van der Waals surface area contributed by atoms with Crippen molar-refractivity contribution in [1.82, 2.24) is 45.5 Å². The number of nitrogens with zero attached hydrogens (tertiary/aromatic N) is 7. The summed E-state index contributed by atoms with van der Waals surface area (Å²) in [5.41, 5.74) is 7.03. The molecule has 3 heterocycles. The van der Waals surface area contributed by atoms with Crippen molar-refractivity contribution in [3.05, 3.63) is 47.4 Å². The molecule has 0 radical (unpaired) electrons. The molecule has 1 saturated heterocycles. The monoisotopic (exact) mass is 868 g/mol. The molecule has 2 aromatic rings. The average molecular weight is 869 g/mol. The number of carboxylic acid groups (broad SMARTS) is 4. The first kappa shape index (κ1) is 48.0. The minimum absolute atomic E-state index is 0.0154. The van der Waals surface area contributed by atoms with Gasteiger partial charge < -0.3 is 47.4 Å². The van der Waals surface area contributed by atoms with E-state index >= 15 is 0 Å². The van der Waals surface area contributed by atoms with Gasteiger partial charge in [-0.3, -0.25) is 53.2 Å². The van der Waals surface area contributed by atoms with Gasteiger partial charge in [0.2, 0.25) is 11.8 Å². The van der Waals surface area contributed by atoms with E-state index in [4.69, 9.17) is 5.73 Å². The molecule has 3 amide bonds. The molecule has 62 heavy (non-hydrogen) atoms. The second kappa shape index (κ2) is 24.0. The van der Waals surface area contributed by atoms with Crippen molar-refractivity contribution in [2.75, 3.05) is 96.9 Å². The van der Waals surface area contributed by atoms with Crippen LogP contribution < -0.4 is 27.0 Å². The third-order valence-corrected chi connectivity index (χ3v) is 9.69. The molecule has 2 aliphatic rings. The number of aromatic nitrogens is 2. The van der Waals surface area contributed by atoms with Crippen molar-refractivity contribution < 1.29 is 58.8 Å². The van der Waals surface area contributed by atoms with Crippen LogP contribution in [0, 0.1) is 0 Å². The van der Waals surface area contributed by atoms with Gasteiger partial charge in [-0.2, -0.15) is 0 Å². The first-order valence-electron chi connectivity index (χ1n) is 19.7. The second-order valence-electron chi connectivity index (χ2n) is 14.6. The van der Waals surface area contributed by atoms with E-state index in [0.29, 0.717) is 11.4 Å². The van der Waals surface area contributed by atoms with Crippen LogP contribution in [0.3, 0.4) is 0 Å². The summed E-state index contributed by atoms with van der Waals surface area (Å²) in [4.78, 5) is 116. The standard InChI is InChI=1S/C38H52N12O12/c39-29-17-28(51)35-36(46-29)43-19-26(44-35)18-42-25-3-1-24(2-4-25)37(60)45-27(38(61)62)5-6-30(52)40-7-8-41-31(53)20-47-9-11-48(21-32(54)55)13-15-50(23-34(58)59)16-14-49(12-10-47)22-33(56)57/h1-4,19,27,42H,5-18,20-23H2,(H,40,52)(H,41,53)(H,45,60)(H,54,55)(H,56,57)(H,58,59)(H,61,62)(H2,39,43,46)/t27-/m0/s1. The number of fused-ring (bicyclic) bond motifs is 1. The molecule has 1 aromatic carbocycles. The highest BCUT2D eigenvalue weighted by Crippen LogP contribution is 2.21. The summed E-state index contributed by atoms with van der Waals surface area (Å²) in [6.07, 6.45) is 0.966. The molecular formula is C38H52N12O12. The molecule has 0 unspecified atom stereocenters. The molecule has 0 saturated carbocycles. The molecule has 10 N–H and O–H groups in total. The van der Waals surface area contributed by atoms with Gasteiger partial charge in [-0.1, -0.05) is 0 Å². The highest BCUT2D eigenvalue weighted by atomic mass is 16.4. The maximum atomic E-state index is 12.9. The second-order valence-corrected chi connectivity index (χ2v) is 14.6. The summed E-state index contributed by atoms with van der Waals surface area (Å²) >= 11 is 0. The third kappa shape index (κ3) is 16.8. The Morgan fingerprint density at radius 2 is 1.21 bits per heavy atom. The highest BCUT2D eigenvalue weighted by molar-refractivity contribution is 6.13. The normalized spacial score (nSPS) is 16.3. The number of nitrogens with two attached hydrogens (primary N) is 1. The molecule has 1 atom stereocenters. The van der Waals surface area contributed by atoms with Crippen LogP contribution in [0.2, 0.25) is 0 Å². The number of hydrogen-bond donors (Lipinski definition) is 9. The lowest BCUT2D eigenvalue weighted by Gasteiger charge is -2.32. The van der Waals surface area contributed by atoms with Gasteiger partial charge >= 0.3 is 23.9 Å². The zero-order valence-electron chi connectivity index (χ0n) is 34.0. The number of Topliss-reactive ketones (excluding diaryl/α,β-unsaturated/α-hetero) is 1. The van der Waals surface area contributed by atoms with E-state index in [-0.39, 0.29) is 146 Å². The molecule has 24 heteroatoms. The third-order valence-electron chi connectivity index (χ3n) is 9.69. The Labute approximate surface area is 355 Å². The number of rotatable bonds is 20. The maximum Gasteiger partial charge on any atom is 0.326 e. The minimum atomic E-state index is -1.38. The van der Waals surface area contributed by atoms with Gasteiger partial charge in [-0.25, -0.2) is 19.8 Å². The lowest BCUT2D eigenvalue weighted by molar-refractivity contribution is -0.140. The van der Waals surface area contributed by atoms with Crippen molar-refractivity contribution in [1.29, 1.82) is 0 Å². The predicted molar refractivity (Wildman–Crippen MR) is 219 cm³/mol. The Morgan fingerprint density at radius 3 is 1.71 bits per heavy atom. The number of amidine groups is 1. The number of benzene rings is 1. The minimum Gasteiger partial charge on any atom is -0.480 e. The molecule has 336 valence electrons. The van der Waals surface area contributed by atoms with E-state index in [1.807, 2.05) is 0 Å². The number of anilines is 1. The van der Waals surface area contributed by atoms with E-state index < -0.39 is 47.6 Å². The topological polar surface area (TPSA) is 343 Å². The summed E-state index contributed by atoms with van der Waals surface area (Å²) < 4.78 is 0. The number of nitrogens with one attached hydrogen (secondary N) is 4. The summed E-state index contributed by atoms with van der Waals surface area (Å²) in [6, 6.07) is 4.79. The number of amides is 3. The van der Waals surface area contributed by atoms with Gasteiger partial charge in [0.1, 0.15) is 11.9 Å². The number of aliphatic imine (C=N–C) groups is 1. The Hall–Kier alpha value is -6.63. The van der Waals surface area contributed by atoms with Gasteiger partial charge in [0.25, 0.3) is 5.91 Å². The van der Waals surface area contributed by atoms with E-state index in [1.54, 1.807) is 31.7 Å². The number of carboxylic acids is 4. The van der Waals surface area contributed by atoms with Crippen LogP contribution in [0.5, 0.6) is 0 Å². The van der Waals surface area contributed by atoms with E-state index in [0.717, 1.165) is 0 Å². The van der Waals surface area contributed by atoms with Gasteiger partial charge in [0.15, 0.2) is 17.3 Å². The number of carbonyl (C=O) groups is 8. The maximum absolute atomic E-state index is 12.9. The lowest BCUT2D eigenvalue weighted by atomic mass is 10.1. The van der Waals surface area contributed by atoms with Crippen molar-refractivity contribution in [3.63, 3.8) is 0 Å². The summed E-state index contributed by atoms with van der Waals surface area (Å²) in [5.74, 6) is -6.08. The van der Waals surface area contributed by atoms with Crippen LogP contribution in [0.25, 0.3) is 0 Å². The van der Waals surface area contributed by atoms with Gasteiger partial charge in [0, 0.05) is 83.1 Å². The van der Waals surface area contributed by atoms with Crippen LogP contribution in [0.15, 0.2) is 35.5 Å². The SMILES string of the molecule is NC1=Nc2ncc(CNc3ccc(C(=O)N[C@@H](CCC(=O)NCCNC(=O)CN4CCN(CC(=O)O)CCN(CC(=O)O)CCN(CC(=O)O)CC4)C(=O)O)cc3)nc2C(=O)C1. The van der Waals surface area contributed by atoms with Crippen LogP contribution in [0.4, 0.5) is 11.5 Å². The van der Waals surface area contributed by atoms with Crippen molar-refractivity contribution >= 4 is 64.7 Å². The summed E-state index contributed by atoms with van der Waals surface area (Å²) in [6.45, 7) is 1.19. The Kier molecular flexibility index (Phi) is 18.6. The fourth-order valence-electron chi connectivity index (χ4n) is 6.44. The number of carbonyl (C=O) groups excluding carboxylic acids is 4. The van der Waals surface area contributed by atoms with Crippen LogP contribution in [-0.4, -0.2) is 201 Å². The largest absolute Gasteiger partial charge is 0.480 e. The number of hydrogen-bond acceptors (Lipinski definition) is 17. The van der Waals surface area contributed by atoms with Crippen molar-refractivity contribution in [3.8, 4) is 0 Å². The van der Waals surface area contributed by atoms with E-state index in [1.165, 1.54) is 18.3 Å². The van der Waals surface area contributed by atoms with Crippen molar-refractivity contribution in [2.24, 2.45) is 10.7 Å². The van der Waals surface area contributed by atoms with Crippen LogP contribution >= 0.6 is 0 Å². The first-order valence-corrected chi connectivity index (χ1v) is 19.7. The van der Waals surface area contributed by atoms with Crippen LogP contribution in [-0.2, 0) is 35.3 Å². The fourth-order valence-corrected chi connectivity index (χ4v) is 6.44. The predicted octanol–water partition coefficient (Wildman–Crippen LogP) is -2.67. The molecule has 0 spiro atoms. The molecular weight excluding hydrogens is 816 g/mol. The molecule has 24 nitrogen and oxygen atoms in total. The van der Waals surface area contributed by atoms with E-state index in [9.17, 15) is 58.8 Å². The molecule has 0 aliphatic carbocycles. The Morgan fingerprint density at radius 1 is 0.710 bits per heavy atom. The smallest absolute Gasteiger partial charge is 0.326 e. The van der Waals surface area contributed by atoms with Crippen molar-refractivity contribution in [2.45, 2.75) is 31.8 Å². The summed E-state index contributed by atoms with van der Waals surface area (Å²) in [5, 5.41) is 48.7. The molecule has 0 bridgehead atoms. The molecule has 1 fully saturated rings.